The van der Waals surface area contributed by atoms with E-state index < -0.39 is 11.4 Å². The molecule has 0 aliphatic carbocycles. The number of nitrogens with zero attached hydrogens (tertiary/aromatic N) is 3. The predicted molar refractivity (Wildman–Crippen MR) is 98.4 cm³/mol. The zero-order chi connectivity index (χ0) is 17.7. The lowest BCUT2D eigenvalue weighted by Crippen LogP contribution is -2.48. The predicted octanol–water partition coefficient (Wildman–Crippen LogP) is 3.56. The molecule has 0 saturated carbocycles. The lowest BCUT2D eigenvalue weighted by Gasteiger charge is -2.40. The minimum Gasteiger partial charge on any atom is -0.481 e. The Bertz CT molecular complexity index is 761. The molecule has 1 aliphatic heterocycles. The minimum atomic E-state index is -0.775. The molecule has 5 nitrogen and oxygen atoms in total. The molecule has 1 fully saturated rings. The van der Waals surface area contributed by atoms with Gasteiger partial charge in [0.2, 0.25) is 0 Å². The highest BCUT2D eigenvalue weighted by molar-refractivity contribution is 5.76. The van der Waals surface area contributed by atoms with E-state index in [4.69, 9.17) is 0 Å². The Morgan fingerprint density at radius 3 is 2.84 bits per heavy atom. The average molecular weight is 337 g/mol. The fourth-order valence-electron chi connectivity index (χ4n) is 3.36. The van der Waals surface area contributed by atoms with Crippen LogP contribution in [0.25, 0.3) is 6.08 Å². The van der Waals surface area contributed by atoms with Crippen LogP contribution in [0.5, 0.6) is 0 Å². The van der Waals surface area contributed by atoms with Gasteiger partial charge < -0.3 is 10.0 Å². The van der Waals surface area contributed by atoms with Gasteiger partial charge in [-0.1, -0.05) is 42.5 Å². The molecular formula is C20H23N3O2. The monoisotopic (exact) mass is 337 g/mol. The molecule has 2 aromatic rings. The van der Waals surface area contributed by atoms with Gasteiger partial charge in [-0.3, -0.25) is 4.79 Å². The van der Waals surface area contributed by atoms with Crippen molar-refractivity contribution >= 4 is 17.9 Å². The number of aryl methyl sites for hydroxylation is 1. The van der Waals surface area contributed by atoms with Crippen LogP contribution in [0, 0.1) is 12.3 Å². The van der Waals surface area contributed by atoms with E-state index in [1.165, 1.54) is 0 Å². The van der Waals surface area contributed by atoms with E-state index in [0.717, 1.165) is 24.3 Å². The smallest absolute Gasteiger partial charge is 0.311 e. The third-order valence-corrected chi connectivity index (χ3v) is 4.73. The van der Waals surface area contributed by atoms with Crippen molar-refractivity contribution in [3.05, 3.63) is 60.1 Å². The van der Waals surface area contributed by atoms with Gasteiger partial charge >= 0.3 is 5.97 Å². The van der Waals surface area contributed by atoms with Crippen LogP contribution in [-0.4, -0.2) is 34.1 Å². The van der Waals surface area contributed by atoms with Crippen LogP contribution in [0.4, 0.5) is 5.82 Å². The van der Waals surface area contributed by atoms with Gasteiger partial charge in [0.15, 0.2) is 0 Å². The molecule has 25 heavy (non-hydrogen) atoms. The summed E-state index contributed by atoms with van der Waals surface area (Å²) in [5.41, 5.74) is 0.310. The second-order valence-electron chi connectivity index (χ2n) is 6.59. The third-order valence-electron chi connectivity index (χ3n) is 4.73. The average Bonchev–Trinajstić information content (AvgIpc) is 2.63. The van der Waals surface area contributed by atoms with Crippen LogP contribution in [0.3, 0.4) is 0 Å². The normalized spacial score (nSPS) is 20.8. The summed E-state index contributed by atoms with van der Waals surface area (Å²) in [6.45, 7) is 3.15. The van der Waals surface area contributed by atoms with Crippen molar-refractivity contribution in [2.24, 2.45) is 5.41 Å². The lowest BCUT2D eigenvalue weighted by atomic mass is 9.77. The summed E-state index contributed by atoms with van der Waals surface area (Å²) in [7, 11) is 0. The number of benzene rings is 1. The van der Waals surface area contributed by atoms with Crippen molar-refractivity contribution in [3.8, 4) is 0 Å². The number of aliphatic carboxylic acids is 1. The SMILES string of the molecule is Cc1nccc(N2CCCC(CC=Cc3ccccc3)(C(=O)O)C2)n1. The third kappa shape index (κ3) is 4.05. The molecule has 1 aromatic heterocycles. The molecule has 5 heteroatoms. The second kappa shape index (κ2) is 7.47. The van der Waals surface area contributed by atoms with Crippen molar-refractivity contribution in [2.45, 2.75) is 26.2 Å². The van der Waals surface area contributed by atoms with Crippen LogP contribution in [0.15, 0.2) is 48.7 Å². The van der Waals surface area contributed by atoms with Crippen LogP contribution in [-0.2, 0) is 4.79 Å². The Balaban J connectivity index is 1.77. The molecule has 1 saturated heterocycles. The van der Waals surface area contributed by atoms with E-state index >= 15 is 0 Å². The molecule has 0 radical (unpaired) electrons. The van der Waals surface area contributed by atoms with Gasteiger partial charge in [0, 0.05) is 19.3 Å². The summed E-state index contributed by atoms with van der Waals surface area (Å²) < 4.78 is 0. The maximum Gasteiger partial charge on any atom is 0.311 e. The number of hydrogen-bond donors (Lipinski definition) is 1. The number of anilines is 1. The second-order valence-corrected chi connectivity index (χ2v) is 6.59. The lowest BCUT2D eigenvalue weighted by molar-refractivity contribution is -0.149. The quantitative estimate of drug-likeness (QED) is 0.903. The van der Waals surface area contributed by atoms with E-state index in [2.05, 4.69) is 14.9 Å². The van der Waals surface area contributed by atoms with E-state index in [0.29, 0.717) is 25.2 Å². The number of hydrogen-bond acceptors (Lipinski definition) is 4. The van der Waals surface area contributed by atoms with Gasteiger partial charge in [0.05, 0.1) is 5.41 Å². The van der Waals surface area contributed by atoms with E-state index in [1.807, 2.05) is 55.5 Å². The highest BCUT2D eigenvalue weighted by Gasteiger charge is 2.41. The summed E-state index contributed by atoms with van der Waals surface area (Å²) in [6.07, 6.45) is 7.75. The molecule has 1 aliphatic rings. The van der Waals surface area contributed by atoms with E-state index in [9.17, 15) is 9.90 Å². The first-order valence-corrected chi connectivity index (χ1v) is 8.59. The molecule has 1 N–H and O–H groups in total. The first-order chi connectivity index (χ1) is 12.1. The zero-order valence-electron chi connectivity index (χ0n) is 14.4. The van der Waals surface area contributed by atoms with Gasteiger partial charge in [-0.05, 0) is 37.8 Å². The summed E-state index contributed by atoms with van der Waals surface area (Å²) in [6, 6.07) is 11.8. The van der Waals surface area contributed by atoms with Crippen LogP contribution >= 0.6 is 0 Å². The Hall–Kier alpha value is -2.69. The number of allylic oxidation sites excluding steroid dienone is 1. The summed E-state index contributed by atoms with van der Waals surface area (Å²) >= 11 is 0. The number of rotatable bonds is 5. The van der Waals surface area contributed by atoms with E-state index in [-0.39, 0.29) is 0 Å². The van der Waals surface area contributed by atoms with Crippen molar-refractivity contribution in [2.75, 3.05) is 18.0 Å². The van der Waals surface area contributed by atoms with Crippen molar-refractivity contribution in [1.29, 1.82) is 0 Å². The molecule has 130 valence electrons. The number of carbonyl (C=O) groups is 1. The molecule has 2 heterocycles. The molecule has 3 rings (SSSR count). The summed E-state index contributed by atoms with van der Waals surface area (Å²) in [5.74, 6) is 0.776. The number of piperidine rings is 1. The maximum atomic E-state index is 12.1. The van der Waals surface area contributed by atoms with Crippen molar-refractivity contribution in [1.82, 2.24) is 9.97 Å². The standard InChI is InChI=1S/C20H23N3O2/c1-16-21-13-10-18(22-16)23-14-6-12-20(15-23,19(24)25)11-5-9-17-7-3-2-4-8-17/h2-5,7-10,13H,6,11-12,14-15H2,1H3,(H,24,25). The highest BCUT2D eigenvalue weighted by atomic mass is 16.4. The molecule has 0 bridgehead atoms. The Morgan fingerprint density at radius 2 is 2.12 bits per heavy atom. The van der Waals surface area contributed by atoms with E-state index in [1.54, 1.807) is 6.20 Å². The van der Waals surface area contributed by atoms with Crippen molar-refractivity contribution in [3.63, 3.8) is 0 Å². The fourth-order valence-corrected chi connectivity index (χ4v) is 3.36. The molecular weight excluding hydrogens is 314 g/mol. The summed E-state index contributed by atoms with van der Waals surface area (Å²) in [5, 5.41) is 9.91. The van der Waals surface area contributed by atoms with Gasteiger partial charge in [-0.15, -0.1) is 0 Å². The molecule has 1 unspecified atom stereocenters. The molecule has 1 atom stereocenters. The first kappa shape index (κ1) is 17.1. The Labute approximate surface area is 148 Å². The number of aromatic nitrogens is 2. The van der Waals surface area contributed by atoms with Gasteiger partial charge in [-0.25, -0.2) is 9.97 Å². The van der Waals surface area contributed by atoms with Crippen LogP contribution in [0.2, 0.25) is 0 Å². The van der Waals surface area contributed by atoms with Gasteiger partial charge in [0.25, 0.3) is 0 Å². The van der Waals surface area contributed by atoms with Crippen LogP contribution in [0.1, 0.15) is 30.7 Å². The molecule has 1 aromatic carbocycles. The minimum absolute atomic E-state index is 0.470. The molecule has 0 amide bonds. The fraction of sp³-hybridized carbons (Fsp3) is 0.350. The van der Waals surface area contributed by atoms with Gasteiger partial charge in [-0.2, -0.15) is 0 Å². The Kier molecular flexibility index (Phi) is 5.12. The number of carboxylic acid groups (broad SMARTS) is 1. The van der Waals surface area contributed by atoms with Gasteiger partial charge in [0.1, 0.15) is 11.6 Å². The maximum absolute atomic E-state index is 12.1. The highest BCUT2D eigenvalue weighted by Crippen LogP contribution is 2.36. The van der Waals surface area contributed by atoms with Crippen molar-refractivity contribution < 1.29 is 9.90 Å². The topological polar surface area (TPSA) is 66.3 Å². The van der Waals surface area contributed by atoms with Crippen LogP contribution < -0.4 is 4.90 Å². The molecule has 0 spiro atoms. The Morgan fingerprint density at radius 1 is 1.32 bits per heavy atom. The zero-order valence-corrected chi connectivity index (χ0v) is 14.4. The number of carboxylic acids is 1. The first-order valence-electron chi connectivity index (χ1n) is 8.59. The largest absolute Gasteiger partial charge is 0.481 e. The summed E-state index contributed by atoms with van der Waals surface area (Å²) in [4.78, 5) is 22.7.